The van der Waals surface area contributed by atoms with Gasteiger partial charge >= 0.3 is 0 Å². The van der Waals surface area contributed by atoms with Crippen LogP contribution in [0.5, 0.6) is 11.5 Å². The molecule has 2 N–H and O–H groups in total. The van der Waals surface area contributed by atoms with Gasteiger partial charge in [-0.3, -0.25) is 0 Å². The Morgan fingerprint density at radius 1 is 1.00 bits per heavy atom. The van der Waals surface area contributed by atoms with E-state index in [1.165, 1.54) is 35.4 Å². The highest BCUT2D eigenvalue weighted by atomic mass is 35.5. The Balaban J connectivity index is 0.00000240. The first-order valence-corrected chi connectivity index (χ1v) is 10.1. The number of hydrogen-bond donors (Lipinski definition) is 2. The standard InChI is InChI=1S/C23H29N3O2.ClH/c1-17-19(20-15-22(27-2)23(28-3)16-21(20)24-17)9-10-25-11-13-26(14-12-25)18-7-5-4-6-8-18;/h4-8,15-16,24H,9-14H2,1-3H3;1H. The van der Waals surface area contributed by atoms with Crippen LogP contribution in [-0.2, 0) is 6.42 Å². The molecule has 0 amide bonds. The van der Waals surface area contributed by atoms with Crippen molar-refractivity contribution in [1.82, 2.24) is 4.98 Å². The van der Waals surface area contributed by atoms with E-state index in [1.807, 2.05) is 6.07 Å². The number of methoxy groups -OCH3 is 2. The van der Waals surface area contributed by atoms with Crippen molar-refractivity contribution >= 4 is 16.6 Å². The third-order valence-corrected chi connectivity index (χ3v) is 5.94. The van der Waals surface area contributed by atoms with E-state index in [0.717, 1.165) is 43.1 Å². The maximum atomic E-state index is 5.51. The number of para-hydroxylation sites is 1. The van der Waals surface area contributed by atoms with Crippen molar-refractivity contribution in [2.75, 3.05) is 51.8 Å². The first kappa shape index (κ1) is 21.3. The number of nitrogens with one attached hydrogen (secondary N) is 2. The number of piperazine rings is 1. The molecule has 0 saturated carbocycles. The van der Waals surface area contributed by atoms with E-state index in [0.29, 0.717) is 0 Å². The summed E-state index contributed by atoms with van der Waals surface area (Å²) in [5, 5.41) is 1.25. The molecule has 0 atom stereocenters. The minimum Gasteiger partial charge on any atom is -1.00 e. The Hall–Kier alpha value is -2.37. The van der Waals surface area contributed by atoms with Gasteiger partial charge in [0.2, 0.25) is 0 Å². The van der Waals surface area contributed by atoms with E-state index in [9.17, 15) is 0 Å². The number of benzene rings is 2. The van der Waals surface area contributed by atoms with Gasteiger partial charge in [0.15, 0.2) is 11.5 Å². The lowest BCUT2D eigenvalue weighted by Gasteiger charge is -2.33. The molecular formula is C23H30ClN3O2. The fourth-order valence-electron chi connectivity index (χ4n) is 4.31. The first-order valence-electron chi connectivity index (χ1n) is 10.1. The van der Waals surface area contributed by atoms with Gasteiger partial charge in [0.05, 0.1) is 46.9 Å². The van der Waals surface area contributed by atoms with E-state index in [1.54, 1.807) is 19.1 Å². The summed E-state index contributed by atoms with van der Waals surface area (Å²) in [6.45, 7) is 7.94. The largest absolute Gasteiger partial charge is 1.00 e. The minimum absolute atomic E-state index is 0. The van der Waals surface area contributed by atoms with Crippen molar-refractivity contribution in [3.05, 3.63) is 53.7 Å². The molecule has 0 spiro atoms. The van der Waals surface area contributed by atoms with Crippen molar-refractivity contribution in [3.8, 4) is 11.5 Å². The van der Waals surface area contributed by atoms with Crippen molar-refractivity contribution in [2.45, 2.75) is 13.3 Å². The van der Waals surface area contributed by atoms with Crippen LogP contribution < -0.4 is 31.7 Å². The van der Waals surface area contributed by atoms with Gasteiger partial charge in [0.25, 0.3) is 0 Å². The minimum atomic E-state index is 0. The summed E-state index contributed by atoms with van der Waals surface area (Å²) in [6, 6.07) is 14.9. The number of aromatic amines is 1. The second-order valence-electron chi connectivity index (χ2n) is 7.55. The molecule has 0 aliphatic carbocycles. The molecule has 156 valence electrons. The summed E-state index contributed by atoms with van der Waals surface area (Å²) in [5.41, 5.74) is 5.10. The van der Waals surface area contributed by atoms with Crippen LogP contribution in [0.4, 0.5) is 5.69 Å². The number of aryl methyl sites for hydroxylation is 1. The molecular weight excluding hydrogens is 386 g/mol. The summed E-state index contributed by atoms with van der Waals surface area (Å²) >= 11 is 0. The predicted molar refractivity (Wildman–Crippen MR) is 114 cm³/mol. The molecule has 29 heavy (non-hydrogen) atoms. The monoisotopic (exact) mass is 415 g/mol. The molecule has 1 aliphatic rings. The Labute approximate surface area is 179 Å². The molecule has 1 fully saturated rings. The highest BCUT2D eigenvalue weighted by Gasteiger charge is 2.21. The molecule has 2 heterocycles. The van der Waals surface area contributed by atoms with Gasteiger partial charge in [-0.15, -0.1) is 0 Å². The van der Waals surface area contributed by atoms with Gasteiger partial charge in [0.1, 0.15) is 0 Å². The van der Waals surface area contributed by atoms with Gasteiger partial charge in [-0.1, -0.05) is 18.2 Å². The number of halogens is 1. The zero-order chi connectivity index (χ0) is 19.5. The molecule has 4 rings (SSSR count). The van der Waals surface area contributed by atoms with Gasteiger partial charge in [0, 0.05) is 34.8 Å². The fraction of sp³-hybridized carbons (Fsp3) is 0.391. The number of aromatic nitrogens is 1. The number of rotatable bonds is 6. The second-order valence-corrected chi connectivity index (χ2v) is 7.55. The molecule has 3 aromatic rings. The average Bonchev–Trinajstić information content (AvgIpc) is 3.06. The van der Waals surface area contributed by atoms with Crippen molar-refractivity contribution in [1.29, 1.82) is 0 Å². The van der Waals surface area contributed by atoms with Crippen molar-refractivity contribution < 1.29 is 26.8 Å². The number of H-pyrrole nitrogens is 1. The van der Waals surface area contributed by atoms with E-state index in [-0.39, 0.29) is 12.4 Å². The predicted octanol–water partition coefficient (Wildman–Crippen LogP) is -0.555. The van der Waals surface area contributed by atoms with Gasteiger partial charge < -0.3 is 36.7 Å². The highest BCUT2D eigenvalue weighted by molar-refractivity contribution is 5.88. The SMILES string of the molecule is COc1cc2[nH]c(C)c(CC[NH+]3CCN(c4ccccc4)CC3)c2cc1OC.[Cl-]. The van der Waals surface area contributed by atoms with E-state index in [2.05, 4.69) is 53.2 Å². The molecule has 2 aromatic carbocycles. The van der Waals surface area contributed by atoms with Crippen LogP contribution in [0.15, 0.2) is 42.5 Å². The second kappa shape index (κ2) is 9.42. The number of fused-ring (bicyclic) bond motifs is 1. The van der Waals surface area contributed by atoms with E-state index < -0.39 is 0 Å². The molecule has 1 aliphatic heterocycles. The lowest BCUT2D eigenvalue weighted by molar-refractivity contribution is -0.900. The van der Waals surface area contributed by atoms with Crippen LogP contribution in [0, 0.1) is 6.92 Å². The molecule has 6 heteroatoms. The van der Waals surface area contributed by atoms with Crippen LogP contribution in [0.3, 0.4) is 0 Å². The number of nitrogens with zero attached hydrogens (tertiary/aromatic N) is 1. The Bertz CT molecular complexity index is 934. The van der Waals surface area contributed by atoms with E-state index in [4.69, 9.17) is 9.47 Å². The van der Waals surface area contributed by atoms with Crippen LogP contribution in [-0.4, -0.2) is 51.9 Å². The number of quaternary nitrogens is 1. The molecule has 1 aromatic heterocycles. The highest BCUT2D eigenvalue weighted by Crippen LogP contribution is 2.34. The Morgan fingerprint density at radius 2 is 1.66 bits per heavy atom. The number of ether oxygens (including phenoxy) is 2. The molecule has 5 nitrogen and oxygen atoms in total. The quantitative estimate of drug-likeness (QED) is 0.567. The van der Waals surface area contributed by atoms with E-state index >= 15 is 0 Å². The lowest BCUT2D eigenvalue weighted by atomic mass is 10.1. The van der Waals surface area contributed by atoms with Crippen LogP contribution in [0.25, 0.3) is 10.9 Å². The Morgan fingerprint density at radius 3 is 2.31 bits per heavy atom. The zero-order valence-electron chi connectivity index (χ0n) is 17.4. The number of hydrogen-bond acceptors (Lipinski definition) is 3. The summed E-state index contributed by atoms with van der Waals surface area (Å²) < 4.78 is 10.9. The topological polar surface area (TPSA) is 41.9 Å². The van der Waals surface area contributed by atoms with Crippen LogP contribution in [0.1, 0.15) is 11.3 Å². The molecule has 0 unspecified atom stereocenters. The summed E-state index contributed by atoms with van der Waals surface area (Å²) in [4.78, 5) is 7.70. The maximum Gasteiger partial charge on any atom is 0.162 e. The third kappa shape index (κ3) is 4.46. The molecule has 1 saturated heterocycles. The smallest absolute Gasteiger partial charge is 0.162 e. The van der Waals surface area contributed by atoms with Gasteiger partial charge in [-0.05, 0) is 30.7 Å². The van der Waals surface area contributed by atoms with Gasteiger partial charge in [-0.25, -0.2) is 0 Å². The molecule has 0 bridgehead atoms. The summed E-state index contributed by atoms with van der Waals surface area (Å²) in [5.74, 6) is 1.56. The first-order chi connectivity index (χ1) is 13.7. The summed E-state index contributed by atoms with van der Waals surface area (Å²) in [7, 11) is 3.37. The fourth-order valence-corrected chi connectivity index (χ4v) is 4.31. The third-order valence-electron chi connectivity index (χ3n) is 5.94. The summed E-state index contributed by atoms with van der Waals surface area (Å²) in [6.07, 6.45) is 1.07. The average molecular weight is 416 g/mol. The van der Waals surface area contributed by atoms with Crippen molar-refractivity contribution in [2.24, 2.45) is 0 Å². The number of anilines is 1. The molecule has 0 radical (unpaired) electrons. The van der Waals surface area contributed by atoms with Crippen molar-refractivity contribution in [3.63, 3.8) is 0 Å². The maximum absolute atomic E-state index is 5.51. The lowest BCUT2D eigenvalue weighted by Crippen LogP contribution is -3.15. The normalized spacial score (nSPS) is 14.7. The van der Waals surface area contributed by atoms with Gasteiger partial charge in [-0.2, -0.15) is 0 Å². The Kier molecular flexibility index (Phi) is 6.93. The van der Waals surface area contributed by atoms with Crippen LogP contribution in [0.2, 0.25) is 0 Å². The van der Waals surface area contributed by atoms with Crippen LogP contribution >= 0.6 is 0 Å². The zero-order valence-corrected chi connectivity index (χ0v) is 18.2.